The number of hydrogen-bond acceptors (Lipinski definition) is 5. The molecule has 0 bridgehead atoms. The van der Waals surface area contributed by atoms with Crippen molar-refractivity contribution in [2.75, 3.05) is 22.8 Å². The molecule has 1 N–H and O–H groups in total. The predicted molar refractivity (Wildman–Crippen MR) is 128 cm³/mol. The number of nitrogens with one attached hydrogen (secondary N) is 1. The lowest BCUT2D eigenvalue weighted by Gasteiger charge is -2.23. The van der Waals surface area contributed by atoms with Gasteiger partial charge in [0, 0.05) is 17.3 Å². The third-order valence-corrected chi connectivity index (χ3v) is 7.17. The van der Waals surface area contributed by atoms with Gasteiger partial charge in [0.15, 0.2) is 6.61 Å². The van der Waals surface area contributed by atoms with Crippen molar-refractivity contribution in [2.24, 2.45) is 0 Å². The lowest BCUT2D eigenvalue weighted by molar-refractivity contribution is -0.119. The predicted octanol–water partition coefficient (Wildman–Crippen LogP) is 4.66. The number of rotatable bonds is 8. The molecule has 0 atom stereocenters. The van der Waals surface area contributed by atoms with E-state index >= 15 is 0 Å². The van der Waals surface area contributed by atoms with E-state index in [1.54, 1.807) is 62.4 Å². The van der Waals surface area contributed by atoms with Crippen LogP contribution >= 0.6 is 11.6 Å². The minimum atomic E-state index is -3.91. The minimum Gasteiger partial charge on any atom is -0.452 e. The van der Waals surface area contributed by atoms with E-state index in [9.17, 15) is 18.0 Å². The van der Waals surface area contributed by atoms with Gasteiger partial charge in [-0.2, -0.15) is 0 Å². The highest BCUT2D eigenvalue weighted by molar-refractivity contribution is 7.92. The first-order valence-corrected chi connectivity index (χ1v) is 12.0. The minimum absolute atomic E-state index is 0.0203. The fourth-order valence-electron chi connectivity index (χ4n) is 3.14. The molecule has 7 nitrogen and oxygen atoms in total. The highest BCUT2D eigenvalue weighted by Gasteiger charge is 2.24. The Morgan fingerprint density at radius 3 is 2.39 bits per heavy atom. The summed E-state index contributed by atoms with van der Waals surface area (Å²) in [6.45, 7) is 3.16. The summed E-state index contributed by atoms with van der Waals surface area (Å²) in [5.74, 6) is -1.36. The Balaban J connectivity index is 1.71. The Morgan fingerprint density at radius 1 is 1.00 bits per heavy atom. The van der Waals surface area contributed by atoms with E-state index in [0.717, 1.165) is 0 Å². The average molecular weight is 487 g/mol. The summed E-state index contributed by atoms with van der Waals surface area (Å²) in [4.78, 5) is 24.6. The molecule has 0 aliphatic heterocycles. The van der Waals surface area contributed by atoms with Crippen LogP contribution in [0.3, 0.4) is 0 Å². The maximum Gasteiger partial charge on any atom is 0.338 e. The van der Waals surface area contributed by atoms with Gasteiger partial charge >= 0.3 is 5.97 Å². The van der Waals surface area contributed by atoms with Gasteiger partial charge in [-0.05, 0) is 61.9 Å². The van der Waals surface area contributed by atoms with Crippen LogP contribution in [-0.4, -0.2) is 33.4 Å². The summed E-state index contributed by atoms with van der Waals surface area (Å²) in [6.07, 6.45) is 0. The number of nitrogens with zero attached hydrogens (tertiary/aromatic N) is 1. The number of benzene rings is 3. The van der Waals surface area contributed by atoms with Gasteiger partial charge in [-0.15, -0.1) is 0 Å². The van der Waals surface area contributed by atoms with Gasteiger partial charge in [-0.1, -0.05) is 41.9 Å². The highest BCUT2D eigenvalue weighted by atomic mass is 35.5. The first-order chi connectivity index (χ1) is 15.7. The van der Waals surface area contributed by atoms with Crippen molar-refractivity contribution in [1.29, 1.82) is 0 Å². The zero-order valence-electron chi connectivity index (χ0n) is 18.1. The molecule has 0 radical (unpaired) electrons. The van der Waals surface area contributed by atoms with E-state index < -0.39 is 28.5 Å². The molecule has 0 spiro atoms. The largest absolute Gasteiger partial charge is 0.452 e. The van der Waals surface area contributed by atoms with Crippen LogP contribution < -0.4 is 9.62 Å². The van der Waals surface area contributed by atoms with Crippen molar-refractivity contribution in [3.8, 4) is 0 Å². The second kappa shape index (κ2) is 10.5. The normalized spacial score (nSPS) is 11.0. The standard InChI is InChI=1S/C24H23ClN2O5S/c1-3-27(19-10-5-4-6-11-19)33(30,31)20-12-7-9-18(15-20)24(29)32-16-23(28)26-22-14-8-13-21(25)17(22)2/h4-15H,3,16H2,1-2H3,(H,26,28). The summed E-state index contributed by atoms with van der Waals surface area (Å²) in [6, 6.07) is 19.3. The van der Waals surface area contributed by atoms with Crippen LogP contribution in [0.15, 0.2) is 77.7 Å². The van der Waals surface area contributed by atoms with E-state index in [1.807, 2.05) is 0 Å². The van der Waals surface area contributed by atoms with E-state index in [4.69, 9.17) is 16.3 Å². The second-order valence-corrected chi connectivity index (χ2v) is 9.34. The summed E-state index contributed by atoms with van der Waals surface area (Å²) < 4.78 is 32.7. The van der Waals surface area contributed by atoms with Crippen molar-refractivity contribution in [1.82, 2.24) is 0 Å². The number of amides is 1. The maximum atomic E-state index is 13.2. The molecule has 0 saturated heterocycles. The first-order valence-electron chi connectivity index (χ1n) is 10.1. The number of hydrogen-bond donors (Lipinski definition) is 1. The lowest BCUT2D eigenvalue weighted by Crippen LogP contribution is -2.30. The molecule has 3 rings (SSSR count). The van der Waals surface area contributed by atoms with Crippen LogP contribution in [0.5, 0.6) is 0 Å². The first kappa shape index (κ1) is 24.3. The van der Waals surface area contributed by atoms with Gasteiger partial charge in [-0.25, -0.2) is 13.2 Å². The van der Waals surface area contributed by atoms with Crippen molar-refractivity contribution in [2.45, 2.75) is 18.7 Å². The number of esters is 1. The van der Waals surface area contributed by atoms with E-state index in [1.165, 1.54) is 28.6 Å². The molecule has 3 aromatic rings. The summed E-state index contributed by atoms with van der Waals surface area (Å²) in [7, 11) is -3.91. The molecule has 0 aromatic heterocycles. The smallest absolute Gasteiger partial charge is 0.338 e. The van der Waals surface area contributed by atoms with Crippen LogP contribution in [0, 0.1) is 6.92 Å². The zero-order valence-corrected chi connectivity index (χ0v) is 19.7. The molecule has 0 unspecified atom stereocenters. The quantitative estimate of drug-likeness (QED) is 0.467. The van der Waals surface area contributed by atoms with Crippen LogP contribution in [0.2, 0.25) is 5.02 Å². The topological polar surface area (TPSA) is 92.8 Å². The van der Waals surface area contributed by atoms with Gasteiger partial charge in [-0.3, -0.25) is 9.10 Å². The van der Waals surface area contributed by atoms with Crippen molar-refractivity contribution in [3.63, 3.8) is 0 Å². The zero-order chi connectivity index (χ0) is 24.0. The molecule has 0 heterocycles. The Morgan fingerprint density at radius 2 is 1.70 bits per heavy atom. The third kappa shape index (κ3) is 5.71. The molecule has 9 heteroatoms. The Hall–Kier alpha value is -3.36. The Labute approximate surface area is 198 Å². The van der Waals surface area contributed by atoms with Crippen LogP contribution in [0.4, 0.5) is 11.4 Å². The van der Waals surface area contributed by atoms with Gasteiger partial charge in [0.05, 0.1) is 16.1 Å². The SMILES string of the molecule is CCN(c1ccccc1)S(=O)(=O)c1cccc(C(=O)OCC(=O)Nc2cccc(Cl)c2C)c1. The van der Waals surface area contributed by atoms with Crippen LogP contribution in [0.25, 0.3) is 0 Å². The molecule has 33 heavy (non-hydrogen) atoms. The van der Waals surface area contributed by atoms with Crippen molar-refractivity contribution in [3.05, 3.63) is 88.9 Å². The van der Waals surface area contributed by atoms with E-state index in [0.29, 0.717) is 22.0 Å². The number of sulfonamides is 1. The molecule has 1 amide bonds. The van der Waals surface area contributed by atoms with Gasteiger partial charge < -0.3 is 10.1 Å². The fourth-order valence-corrected chi connectivity index (χ4v) is 4.83. The van der Waals surface area contributed by atoms with Crippen LogP contribution in [-0.2, 0) is 19.6 Å². The molecule has 0 fully saturated rings. The van der Waals surface area contributed by atoms with Crippen LogP contribution in [0.1, 0.15) is 22.8 Å². The number of halogens is 1. The summed E-state index contributed by atoms with van der Waals surface area (Å²) in [5.41, 5.74) is 1.74. The number of carbonyl (C=O) groups is 2. The Kier molecular flexibility index (Phi) is 7.73. The number of anilines is 2. The van der Waals surface area contributed by atoms with Crippen molar-refractivity contribution >= 4 is 44.9 Å². The Bertz CT molecular complexity index is 1260. The number of carbonyl (C=O) groups excluding carboxylic acids is 2. The van der Waals surface area contributed by atoms with Gasteiger partial charge in [0.25, 0.3) is 15.9 Å². The fraction of sp³-hybridized carbons (Fsp3) is 0.167. The molecule has 172 valence electrons. The summed E-state index contributed by atoms with van der Waals surface area (Å²) >= 11 is 6.04. The number of ether oxygens (including phenoxy) is 1. The molecule has 0 saturated carbocycles. The van der Waals surface area contributed by atoms with E-state index in [2.05, 4.69) is 5.32 Å². The molecule has 0 aliphatic rings. The molecule has 0 aliphatic carbocycles. The molecular formula is C24H23ClN2O5S. The average Bonchev–Trinajstić information content (AvgIpc) is 2.81. The molecular weight excluding hydrogens is 464 g/mol. The summed E-state index contributed by atoms with van der Waals surface area (Å²) in [5, 5.41) is 3.13. The van der Waals surface area contributed by atoms with E-state index in [-0.39, 0.29) is 17.0 Å². The lowest BCUT2D eigenvalue weighted by atomic mass is 10.2. The monoisotopic (exact) mass is 486 g/mol. The maximum absolute atomic E-state index is 13.2. The van der Waals surface area contributed by atoms with Gasteiger partial charge in [0.1, 0.15) is 0 Å². The molecule has 3 aromatic carbocycles. The second-order valence-electron chi connectivity index (χ2n) is 7.07. The third-order valence-electron chi connectivity index (χ3n) is 4.87. The van der Waals surface area contributed by atoms with Gasteiger partial charge in [0.2, 0.25) is 0 Å². The number of para-hydroxylation sites is 1. The highest BCUT2D eigenvalue weighted by Crippen LogP contribution is 2.24. The van der Waals surface area contributed by atoms with Crippen molar-refractivity contribution < 1.29 is 22.7 Å².